The van der Waals surface area contributed by atoms with Gasteiger partial charge < -0.3 is 4.74 Å². The summed E-state index contributed by atoms with van der Waals surface area (Å²) >= 11 is 1.55. The highest BCUT2D eigenvalue weighted by atomic mass is 32.2. The Kier molecular flexibility index (Phi) is 3.36. The van der Waals surface area contributed by atoms with Gasteiger partial charge in [0.2, 0.25) is 0 Å². The van der Waals surface area contributed by atoms with E-state index in [2.05, 4.69) is 0 Å². The van der Waals surface area contributed by atoms with Crippen molar-refractivity contribution >= 4 is 23.5 Å². The van der Waals surface area contributed by atoms with E-state index >= 15 is 0 Å². The lowest BCUT2D eigenvalue weighted by molar-refractivity contribution is -0.145. The van der Waals surface area contributed by atoms with Crippen LogP contribution in [0.15, 0.2) is 0 Å². The van der Waals surface area contributed by atoms with Gasteiger partial charge in [-0.15, -0.1) is 0 Å². The van der Waals surface area contributed by atoms with Crippen LogP contribution in [0.5, 0.6) is 0 Å². The number of ether oxygens (including phenoxy) is 1. The maximum atomic E-state index is 11.5. The first-order valence-electron chi connectivity index (χ1n) is 4.38. The number of esters is 1. The van der Waals surface area contributed by atoms with Gasteiger partial charge in [0.05, 0.1) is 11.4 Å². The third-order valence-corrected chi connectivity index (χ3v) is 3.63. The molecule has 0 radical (unpaired) electrons. The SMILES string of the molecule is CCOC(=O)CC(=O)C1(SC)CC1. The Morgan fingerprint density at radius 3 is 2.46 bits per heavy atom. The third-order valence-electron chi connectivity index (χ3n) is 2.21. The fourth-order valence-corrected chi connectivity index (χ4v) is 2.02. The van der Waals surface area contributed by atoms with Crippen molar-refractivity contribution in [2.75, 3.05) is 12.9 Å². The molecular weight excluding hydrogens is 188 g/mol. The Morgan fingerprint density at radius 2 is 2.08 bits per heavy atom. The van der Waals surface area contributed by atoms with Gasteiger partial charge in [-0.25, -0.2) is 0 Å². The molecule has 3 nitrogen and oxygen atoms in total. The van der Waals surface area contributed by atoms with E-state index in [1.54, 1.807) is 18.7 Å². The van der Waals surface area contributed by atoms with E-state index in [-0.39, 0.29) is 17.0 Å². The van der Waals surface area contributed by atoms with Crippen molar-refractivity contribution in [1.82, 2.24) is 0 Å². The lowest BCUT2D eigenvalue weighted by Crippen LogP contribution is -2.22. The molecular formula is C9H14O3S. The van der Waals surface area contributed by atoms with Crippen LogP contribution in [0.3, 0.4) is 0 Å². The molecule has 13 heavy (non-hydrogen) atoms. The summed E-state index contributed by atoms with van der Waals surface area (Å²) in [5.74, 6) is -0.369. The molecule has 0 aromatic rings. The Hall–Kier alpha value is -0.510. The topological polar surface area (TPSA) is 43.4 Å². The second kappa shape index (κ2) is 4.13. The number of Topliss-reactive ketones (excluding diaryl/α,β-unsaturated/α-hetero) is 1. The monoisotopic (exact) mass is 202 g/mol. The molecule has 1 saturated carbocycles. The lowest BCUT2D eigenvalue weighted by atomic mass is 10.2. The van der Waals surface area contributed by atoms with Crippen molar-refractivity contribution < 1.29 is 14.3 Å². The fraction of sp³-hybridized carbons (Fsp3) is 0.778. The van der Waals surface area contributed by atoms with Gasteiger partial charge in [-0.1, -0.05) is 0 Å². The van der Waals surface area contributed by atoms with E-state index in [0.717, 1.165) is 12.8 Å². The highest BCUT2D eigenvalue weighted by Crippen LogP contribution is 2.48. The molecule has 1 fully saturated rings. The summed E-state index contributed by atoms with van der Waals surface area (Å²) in [7, 11) is 0. The standard InChI is InChI=1S/C9H14O3S/c1-3-12-8(11)6-7(10)9(13-2)4-5-9/h3-6H2,1-2H3. The summed E-state index contributed by atoms with van der Waals surface area (Å²) in [4.78, 5) is 22.5. The quantitative estimate of drug-likeness (QED) is 0.499. The minimum atomic E-state index is -0.396. The van der Waals surface area contributed by atoms with Gasteiger partial charge in [0.1, 0.15) is 6.42 Å². The van der Waals surface area contributed by atoms with Crippen molar-refractivity contribution in [3.8, 4) is 0 Å². The number of carbonyl (C=O) groups excluding carboxylic acids is 2. The number of ketones is 1. The third kappa shape index (κ3) is 2.46. The van der Waals surface area contributed by atoms with Crippen molar-refractivity contribution in [3.05, 3.63) is 0 Å². The van der Waals surface area contributed by atoms with Crippen LogP contribution in [0.1, 0.15) is 26.2 Å². The largest absolute Gasteiger partial charge is 0.466 e. The molecule has 0 heterocycles. The fourth-order valence-electron chi connectivity index (χ4n) is 1.21. The summed E-state index contributed by atoms with van der Waals surface area (Å²) in [6.45, 7) is 2.09. The summed E-state index contributed by atoms with van der Waals surface area (Å²) in [5, 5.41) is 0. The molecule has 0 aliphatic heterocycles. The van der Waals surface area contributed by atoms with Crippen LogP contribution in [0.2, 0.25) is 0 Å². The first-order chi connectivity index (χ1) is 6.14. The van der Waals surface area contributed by atoms with E-state index in [9.17, 15) is 9.59 Å². The Morgan fingerprint density at radius 1 is 1.46 bits per heavy atom. The second-order valence-corrected chi connectivity index (χ2v) is 4.29. The normalized spacial score (nSPS) is 18.0. The predicted octanol–water partition coefficient (Wildman–Crippen LogP) is 1.40. The predicted molar refractivity (Wildman–Crippen MR) is 51.7 cm³/mol. The van der Waals surface area contributed by atoms with Crippen LogP contribution in [-0.4, -0.2) is 29.4 Å². The van der Waals surface area contributed by atoms with Gasteiger partial charge in [0, 0.05) is 0 Å². The van der Waals surface area contributed by atoms with Crippen molar-refractivity contribution in [3.63, 3.8) is 0 Å². The average molecular weight is 202 g/mol. The Bertz CT molecular complexity index is 221. The zero-order valence-corrected chi connectivity index (χ0v) is 8.78. The second-order valence-electron chi connectivity index (χ2n) is 3.10. The lowest BCUT2D eigenvalue weighted by Gasteiger charge is -2.09. The van der Waals surface area contributed by atoms with Gasteiger partial charge in [-0.2, -0.15) is 11.8 Å². The minimum Gasteiger partial charge on any atom is -0.466 e. The molecule has 0 spiro atoms. The molecule has 1 rings (SSSR count). The maximum absolute atomic E-state index is 11.5. The number of carbonyl (C=O) groups is 2. The first-order valence-corrected chi connectivity index (χ1v) is 5.61. The van der Waals surface area contributed by atoms with E-state index in [1.807, 2.05) is 6.26 Å². The van der Waals surface area contributed by atoms with Gasteiger partial charge in [0.15, 0.2) is 5.78 Å². The van der Waals surface area contributed by atoms with Crippen LogP contribution < -0.4 is 0 Å². The smallest absolute Gasteiger partial charge is 0.313 e. The van der Waals surface area contributed by atoms with E-state index < -0.39 is 5.97 Å². The molecule has 0 aromatic heterocycles. The Labute approximate surface area is 82.2 Å². The van der Waals surface area contributed by atoms with Gasteiger partial charge in [0.25, 0.3) is 0 Å². The molecule has 0 saturated heterocycles. The molecule has 0 N–H and O–H groups in total. The molecule has 4 heteroatoms. The molecule has 0 atom stereocenters. The highest BCUT2D eigenvalue weighted by molar-refractivity contribution is 8.01. The van der Waals surface area contributed by atoms with Gasteiger partial charge in [-0.3, -0.25) is 9.59 Å². The molecule has 0 unspecified atom stereocenters. The average Bonchev–Trinajstić information content (AvgIpc) is 2.84. The zero-order chi connectivity index (χ0) is 9.90. The number of hydrogen-bond donors (Lipinski definition) is 0. The molecule has 0 aromatic carbocycles. The van der Waals surface area contributed by atoms with Crippen molar-refractivity contribution in [1.29, 1.82) is 0 Å². The number of hydrogen-bond acceptors (Lipinski definition) is 4. The van der Waals surface area contributed by atoms with Crippen LogP contribution in [-0.2, 0) is 14.3 Å². The summed E-state index contributed by atoms with van der Waals surface area (Å²) in [5.41, 5.74) is 0. The summed E-state index contributed by atoms with van der Waals surface area (Å²) < 4.78 is 4.47. The summed E-state index contributed by atoms with van der Waals surface area (Å²) in [6, 6.07) is 0. The van der Waals surface area contributed by atoms with Crippen LogP contribution >= 0.6 is 11.8 Å². The molecule has 0 amide bonds. The van der Waals surface area contributed by atoms with Gasteiger partial charge >= 0.3 is 5.97 Å². The van der Waals surface area contributed by atoms with Crippen molar-refractivity contribution in [2.24, 2.45) is 0 Å². The van der Waals surface area contributed by atoms with E-state index in [0.29, 0.717) is 6.61 Å². The van der Waals surface area contributed by atoms with Crippen molar-refractivity contribution in [2.45, 2.75) is 30.9 Å². The molecule has 74 valence electrons. The number of thioether (sulfide) groups is 1. The summed E-state index contributed by atoms with van der Waals surface area (Å²) in [6.07, 6.45) is 3.67. The van der Waals surface area contributed by atoms with Crippen LogP contribution in [0.25, 0.3) is 0 Å². The van der Waals surface area contributed by atoms with Gasteiger partial charge in [-0.05, 0) is 26.0 Å². The Balaban J connectivity index is 2.37. The molecule has 1 aliphatic carbocycles. The van der Waals surface area contributed by atoms with E-state index in [4.69, 9.17) is 4.74 Å². The van der Waals surface area contributed by atoms with Crippen LogP contribution in [0, 0.1) is 0 Å². The van der Waals surface area contributed by atoms with Crippen LogP contribution in [0.4, 0.5) is 0 Å². The molecule has 1 aliphatic rings. The van der Waals surface area contributed by atoms with E-state index in [1.165, 1.54) is 0 Å². The zero-order valence-electron chi connectivity index (χ0n) is 7.96. The first kappa shape index (κ1) is 10.6. The maximum Gasteiger partial charge on any atom is 0.313 e. The number of rotatable bonds is 5. The highest BCUT2D eigenvalue weighted by Gasteiger charge is 2.49. The minimum absolute atomic E-state index is 0.0263. The molecule has 0 bridgehead atoms.